The molecule has 0 aromatic heterocycles. The van der Waals surface area contributed by atoms with Crippen LogP contribution in [0.3, 0.4) is 0 Å². The highest BCUT2D eigenvalue weighted by atomic mass is 19.1. The lowest BCUT2D eigenvalue weighted by Gasteiger charge is -2.36. The summed E-state index contributed by atoms with van der Waals surface area (Å²) >= 11 is 0. The highest BCUT2D eigenvalue weighted by molar-refractivity contribution is 4.99. The van der Waals surface area contributed by atoms with E-state index < -0.39 is 0 Å². The number of halogens is 1. The van der Waals surface area contributed by atoms with Gasteiger partial charge in [0.25, 0.3) is 0 Å². The van der Waals surface area contributed by atoms with E-state index in [0.717, 1.165) is 12.5 Å². The summed E-state index contributed by atoms with van der Waals surface area (Å²) in [6.07, 6.45) is 3.83. The lowest BCUT2D eigenvalue weighted by molar-refractivity contribution is -0.0454. The van der Waals surface area contributed by atoms with Crippen LogP contribution >= 0.6 is 0 Å². The molecule has 1 unspecified atom stereocenters. The van der Waals surface area contributed by atoms with E-state index in [1.807, 2.05) is 0 Å². The second kappa shape index (κ2) is 4.61. The molecule has 3 atom stereocenters. The molecule has 0 spiro atoms. The van der Waals surface area contributed by atoms with E-state index in [9.17, 15) is 4.39 Å². The molecule has 2 fully saturated rings. The molecule has 0 amide bonds. The molecule has 0 aromatic rings. The first-order chi connectivity index (χ1) is 7.51. The minimum atomic E-state index is -0.227. The third kappa shape index (κ3) is 2.57. The van der Waals surface area contributed by atoms with E-state index in [1.54, 1.807) is 0 Å². The number of likely N-dealkylation sites (tertiary alicyclic amines) is 1. The molecule has 2 nitrogen and oxygen atoms in total. The van der Waals surface area contributed by atoms with Gasteiger partial charge < -0.3 is 4.74 Å². The van der Waals surface area contributed by atoms with Crippen molar-refractivity contribution in [3.05, 3.63) is 0 Å². The van der Waals surface area contributed by atoms with E-state index in [-0.39, 0.29) is 12.3 Å². The van der Waals surface area contributed by atoms with Crippen molar-refractivity contribution in [3.63, 3.8) is 0 Å². The Labute approximate surface area is 98.1 Å². The maximum Gasteiger partial charge on any atom is 0.102 e. The molecular weight excluding hydrogens is 205 g/mol. The first kappa shape index (κ1) is 12.3. The number of rotatable bonds is 4. The van der Waals surface area contributed by atoms with Crippen LogP contribution in [0.15, 0.2) is 0 Å². The predicted molar refractivity (Wildman–Crippen MR) is 63.3 cm³/mol. The molecule has 0 radical (unpaired) electrons. The van der Waals surface area contributed by atoms with Gasteiger partial charge in [0, 0.05) is 18.6 Å². The number of fused-ring (bicyclic) bond motifs is 2. The summed E-state index contributed by atoms with van der Waals surface area (Å²) in [6, 6.07) is 1.10. The Bertz CT molecular complexity index is 239. The van der Waals surface area contributed by atoms with Gasteiger partial charge in [0.2, 0.25) is 0 Å². The van der Waals surface area contributed by atoms with Gasteiger partial charge in [-0.1, -0.05) is 0 Å². The SMILES string of the molecule is CC(C)(C)OCC1[C@@H]2CC[C@@H](C2)N1CCF. The molecule has 1 saturated carbocycles. The van der Waals surface area contributed by atoms with E-state index in [1.165, 1.54) is 19.3 Å². The zero-order valence-electron chi connectivity index (χ0n) is 10.7. The van der Waals surface area contributed by atoms with Crippen molar-refractivity contribution in [2.75, 3.05) is 19.8 Å². The van der Waals surface area contributed by atoms with Crippen LogP contribution in [0.2, 0.25) is 0 Å². The summed E-state index contributed by atoms with van der Waals surface area (Å²) in [4.78, 5) is 2.35. The van der Waals surface area contributed by atoms with Crippen LogP contribution in [0.5, 0.6) is 0 Å². The van der Waals surface area contributed by atoms with Crippen molar-refractivity contribution in [3.8, 4) is 0 Å². The number of hydrogen-bond donors (Lipinski definition) is 0. The highest BCUT2D eigenvalue weighted by Gasteiger charge is 2.45. The quantitative estimate of drug-likeness (QED) is 0.735. The molecule has 1 heterocycles. The van der Waals surface area contributed by atoms with Gasteiger partial charge in [-0.15, -0.1) is 0 Å². The van der Waals surface area contributed by atoms with Crippen molar-refractivity contribution in [1.29, 1.82) is 0 Å². The molecule has 2 aliphatic rings. The highest BCUT2D eigenvalue weighted by Crippen LogP contribution is 2.42. The summed E-state index contributed by atoms with van der Waals surface area (Å²) in [6.45, 7) is 7.39. The molecule has 3 heteroatoms. The monoisotopic (exact) mass is 229 g/mol. The molecule has 1 saturated heterocycles. The van der Waals surface area contributed by atoms with Crippen LogP contribution in [0.1, 0.15) is 40.0 Å². The van der Waals surface area contributed by atoms with Gasteiger partial charge in [-0.05, 0) is 46.0 Å². The topological polar surface area (TPSA) is 12.5 Å². The first-order valence-corrected chi connectivity index (χ1v) is 6.47. The van der Waals surface area contributed by atoms with Gasteiger partial charge in [-0.2, -0.15) is 0 Å². The number of alkyl halides is 1. The Morgan fingerprint density at radius 2 is 2.06 bits per heavy atom. The van der Waals surface area contributed by atoms with Crippen molar-refractivity contribution < 1.29 is 9.13 Å². The van der Waals surface area contributed by atoms with Gasteiger partial charge >= 0.3 is 0 Å². The Kier molecular flexibility index (Phi) is 3.55. The standard InChI is InChI=1S/C13H24FNO/c1-13(2,3)16-9-12-10-4-5-11(8-10)15(12)7-6-14/h10-12H,4-9H2,1-3H3/t10-,11+,12?/m1/s1. The Morgan fingerprint density at radius 3 is 2.69 bits per heavy atom. The van der Waals surface area contributed by atoms with Crippen LogP contribution in [-0.2, 0) is 4.74 Å². The average Bonchev–Trinajstić information content (AvgIpc) is 2.74. The smallest absolute Gasteiger partial charge is 0.102 e. The van der Waals surface area contributed by atoms with E-state index >= 15 is 0 Å². The van der Waals surface area contributed by atoms with E-state index in [2.05, 4.69) is 25.7 Å². The largest absolute Gasteiger partial charge is 0.374 e. The van der Waals surface area contributed by atoms with Crippen LogP contribution in [0.4, 0.5) is 4.39 Å². The maximum atomic E-state index is 12.5. The third-order valence-corrected chi connectivity index (χ3v) is 3.91. The summed E-state index contributed by atoms with van der Waals surface area (Å²) in [5, 5.41) is 0. The molecule has 2 bridgehead atoms. The lowest BCUT2D eigenvalue weighted by atomic mass is 9.99. The van der Waals surface area contributed by atoms with Crippen molar-refractivity contribution in [2.45, 2.75) is 57.7 Å². The maximum absolute atomic E-state index is 12.5. The summed E-state index contributed by atoms with van der Waals surface area (Å²) < 4.78 is 18.4. The second-order valence-corrected chi connectivity index (χ2v) is 6.14. The third-order valence-electron chi connectivity index (χ3n) is 3.91. The fourth-order valence-corrected chi connectivity index (χ4v) is 3.20. The number of hydrogen-bond acceptors (Lipinski definition) is 2. The molecule has 0 aromatic carbocycles. The number of nitrogens with zero attached hydrogens (tertiary/aromatic N) is 1. The fourth-order valence-electron chi connectivity index (χ4n) is 3.20. The van der Waals surface area contributed by atoms with E-state index in [4.69, 9.17) is 4.74 Å². The number of ether oxygens (including phenoxy) is 1. The van der Waals surface area contributed by atoms with E-state index in [0.29, 0.717) is 18.6 Å². The molecule has 1 aliphatic heterocycles. The van der Waals surface area contributed by atoms with Crippen LogP contribution in [0, 0.1) is 5.92 Å². The summed E-state index contributed by atoms with van der Waals surface area (Å²) in [5.74, 6) is 0.749. The van der Waals surface area contributed by atoms with Gasteiger partial charge in [-0.25, -0.2) is 4.39 Å². The molecule has 94 valence electrons. The van der Waals surface area contributed by atoms with Crippen LogP contribution < -0.4 is 0 Å². The summed E-state index contributed by atoms with van der Waals surface area (Å²) in [7, 11) is 0. The van der Waals surface area contributed by atoms with Gasteiger partial charge in [0.05, 0.1) is 12.2 Å². The Balaban J connectivity index is 1.91. The Morgan fingerprint density at radius 1 is 1.31 bits per heavy atom. The summed E-state index contributed by atoms with van der Waals surface area (Å²) in [5.41, 5.74) is -0.0801. The van der Waals surface area contributed by atoms with Crippen LogP contribution in [-0.4, -0.2) is 42.4 Å². The minimum absolute atomic E-state index is 0.0801. The van der Waals surface area contributed by atoms with Crippen LogP contribution in [0.25, 0.3) is 0 Å². The zero-order chi connectivity index (χ0) is 11.8. The zero-order valence-corrected chi connectivity index (χ0v) is 10.7. The first-order valence-electron chi connectivity index (χ1n) is 6.47. The Hall–Kier alpha value is -0.150. The molecule has 16 heavy (non-hydrogen) atoms. The van der Waals surface area contributed by atoms with Gasteiger partial charge in [-0.3, -0.25) is 4.90 Å². The normalized spacial score (nSPS) is 34.9. The predicted octanol–water partition coefficient (Wildman–Crippen LogP) is 2.62. The average molecular weight is 229 g/mol. The fraction of sp³-hybridized carbons (Fsp3) is 1.00. The van der Waals surface area contributed by atoms with Gasteiger partial charge in [0.15, 0.2) is 0 Å². The van der Waals surface area contributed by atoms with Crippen molar-refractivity contribution >= 4 is 0 Å². The molecule has 1 aliphatic carbocycles. The van der Waals surface area contributed by atoms with Crippen molar-refractivity contribution in [2.24, 2.45) is 5.92 Å². The molecule has 2 rings (SSSR count). The van der Waals surface area contributed by atoms with Crippen molar-refractivity contribution in [1.82, 2.24) is 4.90 Å². The van der Waals surface area contributed by atoms with Gasteiger partial charge in [0.1, 0.15) is 6.67 Å². The lowest BCUT2D eigenvalue weighted by Crippen LogP contribution is -2.45. The minimum Gasteiger partial charge on any atom is -0.374 e. The molecule has 0 N–H and O–H groups in total. The number of piperidine rings is 1. The second-order valence-electron chi connectivity index (χ2n) is 6.14. The molecular formula is C13H24FNO.